The van der Waals surface area contributed by atoms with E-state index in [1.54, 1.807) is 11.3 Å². The van der Waals surface area contributed by atoms with Crippen LogP contribution in [0.15, 0.2) is 54.2 Å². The van der Waals surface area contributed by atoms with E-state index in [-0.39, 0.29) is 24.0 Å². The van der Waals surface area contributed by atoms with Crippen molar-refractivity contribution in [1.82, 2.24) is 0 Å². The molecule has 3 heteroatoms. The molecule has 0 aliphatic rings. The Morgan fingerprint density at radius 2 is 1.74 bits per heavy atom. The monoisotopic (exact) mass is 379 g/mol. The highest BCUT2D eigenvalue weighted by Crippen LogP contribution is 2.26. The van der Waals surface area contributed by atoms with Crippen LogP contribution in [0.5, 0.6) is 0 Å². The summed E-state index contributed by atoms with van der Waals surface area (Å²) in [6, 6.07) is 12.8. The normalized spacial score (nSPS) is 10.8. The van der Waals surface area contributed by atoms with Crippen LogP contribution in [0.4, 0.5) is 0 Å². The Balaban J connectivity index is 0.00000133. The van der Waals surface area contributed by atoms with E-state index in [9.17, 15) is 0 Å². The molecule has 0 amide bonds. The van der Waals surface area contributed by atoms with E-state index in [0.717, 1.165) is 0 Å². The van der Waals surface area contributed by atoms with Crippen LogP contribution < -0.4 is 28.5 Å². The van der Waals surface area contributed by atoms with E-state index in [4.69, 9.17) is 0 Å². The van der Waals surface area contributed by atoms with Gasteiger partial charge in [0.15, 0.2) is 12.4 Å². The van der Waals surface area contributed by atoms with Crippen LogP contribution in [0.2, 0.25) is 0 Å². The van der Waals surface area contributed by atoms with Gasteiger partial charge in [-0.2, -0.15) is 0 Å². The van der Waals surface area contributed by atoms with Crippen molar-refractivity contribution in [3.8, 4) is 0 Å². The van der Waals surface area contributed by atoms with E-state index >= 15 is 0 Å². The molecular weight excluding hydrogens is 365 g/mol. The third-order valence-electron chi connectivity index (χ3n) is 2.97. The summed E-state index contributed by atoms with van der Waals surface area (Å²) in [7, 11) is 2.03. The fourth-order valence-electron chi connectivity index (χ4n) is 1.94. The Labute approximate surface area is 134 Å². The molecule has 0 atom stereocenters. The molecule has 0 aliphatic heterocycles. The summed E-state index contributed by atoms with van der Waals surface area (Å²) in [6.07, 6.45) is 8.47. The van der Waals surface area contributed by atoms with E-state index < -0.39 is 0 Å². The van der Waals surface area contributed by atoms with Crippen LogP contribution in [0, 0.1) is 0 Å². The average molecular weight is 379 g/mol. The molecule has 0 saturated heterocycles. The molecule has 0 saturated carbocycles. The topological polar surface area (TPSA) is 3.88 Å². The number of benzene rings is 1. The van der Waals surface area contributed by atoms with Crippen molar-refractivity contribution >= 4 is 33.6 Å². The Morgan fingerprint density at radius 1 is 1.00 bits per heavy atom. The van der Waals surface area contributed by atoms with Gasteiger partial charge in [-0.3, -0.25) is 0 Å². The molecule has 0 unspecified atom stereocenters. The second kappa shape index (κ2) is 6.30. The fraction of sp³-hybridized carbons (Fsp3) is 0.0625. The minimum Gasteiger partial charge on any atom is -1.00 e. The van der Waals surface area contributed by atoms with Crippen LogP contribution in [-0.4, -0.2) is 0 Å². The first-order valence-corrected chi connectivity index (χ1v) is 6.80. The molecule has 0 N–H and O–H groups in total. The zero-order chi connectivity index (χ0) is 12.4. The molecule has 0 fully saturated rings. The lowest BCUT2D eigenvalue weighted by Crippen LogP contribution is -3.00. The summed E-state index contributed by atoms with van der Waals surface area (Å²) in [5.41, 5.74) is 2.52. The number of pyridine rings is 1. The van der Waals surface area contributed by atoms with Gasteiger partial charge in [0.1, 0.15) is 7.05 Å². The zero-order valence-corrected chi connectivity index (χ0v) is 13.6. The van der Waals surface area contributed by atoms with Gasteiger partial charge in [-0.25, -0.2) is 4.57 Å². The molecule has 3 rings (SSSR count). The standard InChI is InChI=1S/C16H14NS.HI/c1-17-10-8-13(9-11-17)6-7-14-12-18-16-5-3-2-4-15(14)16;/h2-12H,1H3;1H/q+1;/p-1. The quantitative estimate of drug-likeness (QED) is 0.460. The molecule has 1 nitrogen and oxygen atoms in total. The molecule has 0 spiro atoms. The van der Waals surface area contributed by atoms with Crippen LogP contribution in [0.1, 0.15) is 11.1 Å². The number of halogens is 1. The average Bonchev–Trinajstić information content (AvgIpc) is 2.82. The first kappa shape index (κ1) is 14.2. The predicted octanol–water partition coefficient (Wildman–Crippen LogP) is 0.900. The largest absolute Gasteiger partial charge is 1.00 e. The van der Waals surface area contributed by atoms with Crippen molar-refractivity contribution in [1.29, 1.82) is 0 Å². The number of fused-ring (bicyclic) bond motifs is 1. The summed E-state index contributed by atoms with van der Waals surface area (Å²) in [4.78, 5) is 0. The lowest BCUT2D eigenvalue weighted by molar-refractivity contribution is -0.671. The summed E-state index contributed by atoms with van der Waals surface area (Å²) in [5, 5.41) is 3.55. The van der Waals surface area contributed by atoms with Gasteiger partial charge in [0.25, 0.3) is 0 Å². The summed E-state index contributed by atoms with van der Waals surface area (Å²) < 4.78 is 3.38. The molecule has 2 heterocycles. The number of hydrogen-bond acceptors (Lipinski definition) is 1. The van der Waals surface area contributed by atoms with Gasteiger partial charge in [-0.15, -0.1) is 11.3 Å². The van der Waals surface area contributed by atoms with Crippen molar-refractivity contribution < 1.29 is 28.5 Å². The Bertz CT molecular complexity index is 698. The highest BCUT2D eigenvalue weighted by molar-refractivity contribution is 7.17. The van der Waals surface area contributed by atoms with Crippen molar-refractivity contribution in [3.05, 3.63) is 65.3 Å². The lowest BCUT2D eigenvalue weighted by atomic mass is 10.1. The molecule has 3 aromatic rings. The highest BCUT2D eigenvalue weighted by atomic mass is 127. The van der Waals surface area contributed by atoms with E-state index in [1.807, 2.05) is 11.6 Å². The lowest BCUT2D eigenvalue weighted by Gasteiger charge is -1.92. The van der Waals surface area contributed by atoms with Crippen molar-refractivity contribution in [3.63, 3.8) is 0 Å². The number of aromatic nitrogens is 1. The van der Waals surface area contributed by atoms with Gasteiger partial charge in [0.2, 0.25) is 0 Å². The number of aryl methyl sites for hydroxylation is 1. The minimum absolute atomic E-state index is 0. The molecule has 2 aromatic heterocycles. The first-order chi connectivity index (χ1) is 8.83. The number of nitrogens with zero attached hydrogens (tertiary/aromatic N) is 1. The number of hydrogen-bond donors (Lipinski definition) is 0. The zero-order valence-electron chi connectivity index (χ0n) is 10.6. The number of thiophene rings is 1. The fourth-order valence-corrected chi connectivity index (χ4v) is 2.87. The Kier molecular flexibility index (Phi) is 4.71. The van der Waals surface area contributed by atoms with Gasteiger partial charge in [0, 0.05) is 16.8 Å². The van der Waals surface area contributed by atoms with Crippen LogP contribution in [-0.2, 0) is 7.05 Å². The van der Waals surface area contributed by atoms with Gasteiger partial charge >= 0.3 is 0 Å². The van der Waals surface area contributed by atoms with E-state index in [0.29, 0.717) is 0 Å². The SMILES string of the molecule is C[n+]1ccc(C=Cc2csc3ccccc23)cc1.[I-]. The second-order valence-electron chi connectivity index (χ2n) is 4.32. The summed E-state index contributed by atoms with van der Waals surface area (Å²) in [5.74, 6) is 0. The van der Waals surface area contributed by atoms with Crippen molar-refractivity contribution in [2.24, 2.45) is 7.05 Å². The summed E-state index contributed by atoms with van der Waals surface area (Å²) >= 11 is 1.80. The third kappa shape index (κ3) is 3.22. The van der Waals surface area contributed by atoms with Crippen molar-refractivity contribution in [2.75, 3.05) is 0 Å². The smallest absolute Gasteiger partial charge is 0.169 e. The molecule has 0 bridgehead atoms. The second-order valence-corrected chi connectivity index (χ2v) is 5.23. The first-order valence-electron chi connectivity index (χ1n) is 5.92. The molecule has 19 heavy (non-hydrogen) atoms. The molecule has 96 valence electrons. The maximum atomic E-state index is 2.21. The highest BCUT2D eigenvalue weighted by Gasteiger charge is 1.99. The maximum absolute atomic E-state index is 2.21. The van der Waals surface area contributed by atoms with Gasteiger partial charge in [0.05, 0.1) is 0 Å². The van der Waals surface area contributed by atoms with Gasteiger partial charge in [-0.1, -0.05) is 30.4 Å². The maximum Gasteiger partial charge on any atom is 0.169 e. The third-order valence-corrected chi connectivity index (χ3v) is 3.95. The van der Waals surface area contributed by atoms with Crippen molar-refractivity contribution in [2.45, 2.75) is 0 Å². The molecule has 0 aliphatic carbocycles. The van der Waals surface area contributed by atoms with Crippen LogP contribution >= 0.6 is 11.3 Å². The summed E-state index contributed by atoms with van der Waals surface area (Å²) in [6.45, 7) is 0. The minimum atomic E-state index is 0. The van der Waals surface area contributed by atoms with Gasteiger partial charge < -0.3 is 24.0 Å². The Morgan fingerprint density at radius 3 is 2.53 bits per heavy atom. The molecular formula is C16H14INS. The van der Waals surface area contributed by atoms with E-state index in [1.165, 1.54) is 21.2 Å². The molecule has 1 aromatic carbocycles. The Hall–Kier alpha value is -1.20. The molecule has 0 radical (unpaired) electrons. The van der Waals surface area contributed by atoms with Crippen LogP contribution in [0.3, 0.4) is 0 Å². The van der Waals surface area contributed by atoms with E-state index in [2.05, 4.69) is 66.3 Å². The predicted molar refractivity (Wildman–Crippen MR) is 78.4 cm³/mol. The number of rotatable bonds is 2. The van der Waals surface area contributed by atoms with Crippen LogP contribution in [0.25, 0.3) is 22.2 Å². The van der Waals surface area contributed by atoms with Gasteiger partial charge in [-0.05, 0) is 28.0 Å².